The van der Waals surface area contributed by atoms with Crippen molar-refractivity contribution in [2.75, 3.05) is 20.3 Å². The van der Waals surface area contributed by atoms with Gasteiger partial charge in [-0.3, -0.25) is 9.69 Å². The average Bonchev–Trinajstić information content (AvgIpc) is 2.04. The quantitative estimate of drug-likeness (QED) is 0.513. The smallest absolute Gasteiger partial charge is 0.154 e. The molecule has 3 atom stereocenters. The van der Waals surface area contributed by atoms with Crippen molar-refractivity contribution >= 4 is 17.4 Å². The van der Waals surface area contributed by atoms with Gasteiger partial charge in [-0.15, -0.1) is 11.6 Å². The molecule has 0 N–H and O–H groups in total. The van der Waals surface area contributed by atoms with Crippen LogP contribution in [0.15, 0.2) is 0 Å². The van der Waals surface area contributed by atoms with Gasteiger partial charge in [0.2, 0.25) is 0 Å². The number of carbonyl (C=O) groups is 1. The van der Waals surface area contributed by atoms with E-state index in [2.05, 4.69) is 4.90 Å². The summed E-state index contributed by atoms with van der Waals surface area (Å²) in [4.78, 5) is 13.5. The zero-order valence-electron chi connectivity index (χ0n) is 7.00. The van der Waals surface area contributed by atoms with Crippen LogP contribution in [-0.4, -0.2) is 48.4 Å². The number of hydrogen-bond acceptors (Lipinski definition) is 3. The molecule has 0 radical (unpaired) electrons. The fourth-order valence-electron chi connectivity index (χ4n) is 1.88. The molecular formula is C8H12ClNO2. The fourth-order valence-corrected chi connectivity index (χ4v) is 2.22. The molecule has 4 heteroatoms. The highest BCUT2D eigenvalue weighted by atomic mass is 35.5. The fraction of sp³-hybridized carbons (Fsp3) is 0.875. The molecule has 2 aliphatic heterocycles. The molecule has 2 saturated heterocycles. The maximum atomic E-state index is 11.3. The van der Waals surface area contributed by atoms with Crippen molar-refractivity contribution in [1.82, 2.24) is 4.90 Å². The minimum absolute atomic E-state index is 0.0895. The highest BCUT2D eigenvalue weighted by molar-refractivity contribution is 6.32. The summed E-state index contributed by atoms with van der Waals surface area (Å²) in [6.07, 6.45) is 0.543. The Hall–Kier alpha value is -0.120. The lowest BCUT2D eigenvalue weighted by molar-refractivity contribution is -0.132. The van der Waals surface area contributed by atoms with E-state index in [9.17, 15) is 4.79 Å². The van der Waals surface area contributed by atoms with Crippen molar-refractivity contribution in [3.8, 4) is 0 Å². The van der Waals surface area contributed by atoms with Crippen molar-refractivity contribution in [2.24, 2.45) is 0 Å². The van der Waals surface area contributed by atoms with E-state index in [4.69, 9.17) is 16.3 Å². The second-order valence-corrected chi connectivity index (χ2v) is 3.97. The van der Waals surface area contributed by atoms with Crippen LogP contribution in [0.25, 0.3) is 0 Å². The standard InChI is InChI=1S/C8H12ClNO2/c1-10-5-2-7(11)8(9)6(10)4-12-3-5/h5-6,8H,2-4H2,1H3. The van der Waals surface area contributed by atoms with Gasteiger partial charge in [-0.25, -0.2) is 0 Å². The van der Waals surface area contributed by atoms with Gasteiger partial charge in [-0.2, -0.15) is 0 Å². The van der Waals surface area contributed by atoms with Gasteiger partial charge in [0.1, 0.15) is 5.38 Å². The number of piperidine rings is 1. The summed E-state index contributed by atoms with van der Waals surface area (Å²) in [6.45, 7) is 1.26. The molecule has 2 aliphatic rings. The Morgan fingerprint density at radius 2 is 2.33 bits per heavy atom. The molecule has 0 spiro atoms. The summed E-state index contributed by atoms with van der Waals surface area (Å²) in [5.41, 5.74) is 0. The summed E-state index contributed by atoms with van der Waals surface area (Å²) in [5, 5.41) is -0.369. The number of halogens is 1. The number of fused-ring (bicyclic) bond motifs is 2. The normalized spacial score (nSPS) is 43.2. The number of Topliss-reactive ketones (excluding diaryl/α,β-unsaturated/α-hetero) is 1. The van der Waals surface area contributed by atoms with Crippen LogP contribution in [0.3, 0.4) is 0 Å². The molecule has 0 aromatic carbocycles. The third-order valence-corrected chi connectivity index (χ3v) is 3.31. The van der Waals surface area contributed by atoms with Crippen LogP contribution in [0.2, 0.25) is 0 Å². The van der Waals surface area contributed by atoms with Gasteiger partial charge in [-0.1, -0.05) is 0 Å². The monoisotopic (exact) mass is 189 g/mol. The molecular weight excluding hydrogens is 178 g/mol. The number of ketones is 1. The number of ether oxygens (including phenoxy) is 1. The van der Waals surface area contributed by atoms with E-state index in [1.165, 1.54) is 0 Å². The van der Waals surface area contributed by atoms with Gasteiger partial charge < -0.3 is 4.74 Å². The van der Waals surface area contributed by atoms with Crippen LogP contribution < -0.4 is 0 Å². The van der Waals surface area contributed by atoms with E-state index in [1.54, 1.807) is 0 Å². The average molecular weight is 190 g/mol. The minimum atomic E-state index is -0.369. The third kappa shape index (κ3) is 1.16. The Morgan fingerprint density at radius 1 is 1.58 bits per heavy atom. The number of alkyl halides is 1. The third-order valence-electron chi connectivity index (χ3n) is 2.78. The maximum absolute atomic E-state index is 11.3. The molecule has 68 valence electrons. The first-order chi connectivity index (χ1) is 5.70. The summed E-state index contributed by atoms with van der Waals surface area (Å²) in [5.74, 6) is 0.174. The maximum Gasteiger partial charge on any atom is 0.154 e. The van der Waals surface area contributed by atoms with Crippen molar-refractivity contribution in [3.05, 3.63) is 0 Å². The first-order valence-corrected chi connectivity index (χ1v) is 4.60. The molecule has 3 nitrogen and oxygen atoms in total. The Labute approximate surface area is 76.6 Å². The van der Waals surface area contributed by atoms with Crippen molar-refractivity contribution < 1.29 is 9.53 Å². The zero-order valence-corrected chi connectivity index (χ0v) is 7.75. The molecule has 2 bridgehead atoms. The first-order valence-electron chi connectivity index (χ1n) is 4.16. The van der Waals surface area contributed by atoms with Crippen LogP contribution in [0.5, 0.6) is 0 Å². The second kappa shape index (κ2) is 2.98. The molecule has 0 saturated carbocycles. The van der Waals surface area contributed by atoms with Crippen molar-refractivity contribution in [1.29, 1.82) is 0 Å². The number of morpholine rings is 1. The minimum Gasteiger partial charge on any atom is -0.378 e. The van der Waals surface area contributed by atoms with E-state index in [1.807, 2.05) is 7.05 Å². The zero-order chi connectivity index (χ0) is 8.72. The number of nitrogens with zero attached hydrogens (tertiary/aromatic N) is 1. The predicted molar refractivity (Wildman–Crippen MR) is 45.4 cm³/mol. The largest absolute Gasteiger partial charge is 0.378 e. The molecule has 3 unspecified atom stereocenters. The van der Waals surface area contributed by atoms with Gasteiger partial charge in [0.05, 0.1) is 19.3 Å². The summed E-state index contributed by atoms with van der Waals surface area (Å²) in [7, 11) is 2.01. The van der Waals surface area contributed by atoms with E-state index in [-0.39, 0.29) is 23.2 Å². The Balaban J connectivity index is 2.19. The SMILES string of the molecule is CN1C2COCC1C(Cl)C(=O)C2. The van der Waals surface area contributed by atoms with Crippen LogP contribution in [0.1, 0.15) is 6.42 Å². The van der Waals surface area contributed by atoms with Gasteiger partial charge in [0.25, 0.3) is 0 Å². The molecule has 0 aliphatic carbocycles. The predicted octanol–water partition coefficient (Wildman–Crippen LogP) is 0.266. The van der Waals surface area contributed by atoms with Crippen LogP contribution in [0, 0.1) is 0 Å². The molecule has 0 aromatic heterocycles. The van der Waals surface area contributed by atoms with Gasteiger partial charge in [0, 0.05) is 12.5 Å². The number of carbonyl (C=O) groups excluding carboxylic acids is 1. The van der Waals surface area contributed by atoms with Gasteiger partial charge >= 0.3 is 0 Å². The van der Waals surface area contributed by atoms with E-state index in [0.717, 1.165) is 0 Å². The van der Waals surface area contributed by atoms with Crippen LogP contribution in [-0.2, 0) is 9.53 Å². The molecule has 12 heavy (non-hydrogen) atoms. The van der Waals surface area contributed by atoms with Crippen LogP contribution >= 0.6 is 11.6 Å². The summed E-state index contributed by atoms with van der Waals surface area (Å²) >= 11 is 5.96. The number of rotatable bonds is 0. The van der Waals surface area contributed by atoms with Gasteiger partial charge in [-0.05, 0) is 7.05 Å². The lowest BCUT2D eigenvalue weighted by atomic mass is 9.94. The number of hydrogen-bond donors (Lipinski definition) is 0. The Bertz CT molecular complexity index is 209. The van der Waals surface area contributed by atoms with Gasteiger partial charge in [0.15, 0.2) is 5.78 Å². The highest BCUT2D eigenvalue weighted by Gasteiger charge is 2.42. The van der Waals surface area contributed by atoms with Crippen molar-refractivity contribution in [3.63, 3.8) is 0 Å². The second-order valence-electron chi connectivity index (χ2n) is 3.50. The summed E-state index contributed by atoms with van der Waals surface area (Å²) < 4.78 is 5.35. The molecule has 0 amide bonds. The lowest BCUT2D eigenvalue weighted by Gasteiger charge is -2.44. The topological polar surface area (TPSA) is 29.5 Å². The summed E-state index contributed by atoms with van der Waals surface area (Å²) in [6, 6.07) is 0.345. The van der Waals surface area contributed by atoms with E-state index >= 15 is 0 Å². The lowest BCUT2D eigenvalue weighted by Crippen LogP contribution is -2.60. The highest BCUT2D eigenvalue weighted by Crippen LogP contribution is 2.26. The Morgan fingerprint density at radius 3 is 3.08 bits per heavy atom. The Kier molecular flexibility index (Phi) is 2.10. The van der Waals surface area contributed by atoms with E-state index < -0.39 is 0 Å². The van der Waals surface area contributed by atoms with E-state index in [0.29, 0.717) is 19.6 Å². The molecule has 2 rings (SSSR count). The molecule has 0 aromatic rings. The number of likely N-dealkylation sites (N-methyl/N-ethyl adjacent to an activating group) is 1. The molecule has 2 fully saturated rings. The van der Waals surface area contributed by atoms with Crippen molar-refractivity contribution in [2.45, 2.75) is 23.9 Å². The molecule has 2 heterocycles. The van der Waals surface area contributed by atoms with Crippen LogP contribution in [0.4, 0.5) is 0 Å². The first kappa shape index (κ1) is 8.48.